The van der Waals surface area contributed by atoms with Crippen molar-refractivity contribution in [3.05, 3.63) is 0 Å². The first-order valence-corrected chi connectivity index (χ1v) is 5.75. The van der Waals surface area contributed by atoms with Crippen molar-refractivity contribution >= 4 is 5.78 Å². The van der Waals surface area contributed by atoms with Crippen molar-refractivity contribution in [3.63, 3.8) is 0 Å². The molecule has 0 aromatic heterocycles. The summed E-state index contributed by atoms with van der Waals surface area (Å²) >= 11 is 0. The van der Waals surface area contributed by atoms with Crippen LogP contribution in [0.3, 0.4) is 0 Å². The van der Waals surface area contributed by atoms with Crippen LogP contribution in [0.5, 0.6) is 0 Å². The summed E-state index contributed by atoms with van der Waals surface area (Å²) in [6.07, 6.45) is 3.41. The molecule has 2 saturated heterocycles. The molecule has 2 aliphatic heterocycles. The molecule has 15 heavy (non-hydrogen) atoms. The van der Waals surface area contributed by atoms with Crippen molar-refractivity contribution in [1.29, 1.82) is 0 Å². The summed E-state index contributed by atoms with van der Waals surface area (Å²) in [6.45, 7) is 3.98. The Labute approximate surface area is 91.4 Å². The molecule has 0 N–H and O–H groups in total. The SMILES string of the molecule is CN1CCC(C(=O)C#CN2CCCC2)C1. The molecule has 0 bridgehead atoms. The van der Waals surface area contributed by atoms with Gasteiger partial charge in [-0.1, -0.05) is 0 Å². The van der Waals surface area contributed by atoms with Gasteiger partial charge < -0.3 is 9.80 Å². The fourth-order valence-electron chi connectivity index (χ4n) is 2.21. The Kier molecular flexibility index (Phi) is 3.27. The van der Waals surface area contributed by atoms with Crippen LogP contribution < -0.4 is 0 Å². The van der Waals surface area contributed by atoms with Gasteiger partial charge in [-0.25, -0.2) is 0 Å². The highest BCUT2D eigenvalue weighted by molar-refractivity contribution is 5.97. The molecule has 2 aliphatic rings. The third-order valence-electron chi connectivity index (χ3n) is 3.21. The fraction of sp³-hybridized carbons (Fsp3) is 0.750. The van der Waals surface area contributed by atoms with E-state index in [1.807, 2.05) is 0 Å². The zero-order valence-electron chi connectivity index (χ0n) is 9.33. The van der Waals surface area contributed by atoms with Crippen LogP contribution in [0.4, 0.5) is 0 Å². The number of rotatable bonds is 1. The van der Waals surface area contributed by atoms with Gasteiger partial charge in [-0.15, -0.1) is 0 Å². The molecule has 3 heteroatoms. The van der Waals surface area contributed by atoms with Crippen molar-refractivity contribution in [2.24, 2.45) is 5.92 Å². The van der Waals surface area contributed by atoms with Gasteiger partial charge in [0.15, 0.2) is 0 Å². The first-order valence-electron chi connectivity index (χ1n) is 5.75. The topological polar surface area (TPSA) is 23.6 Å². The van der Waals surface area contributed by atoms with E-state index in [0.29, 0.717) is 0 Å². The summed E-state index contributed by atoms with van der Waals surface area (Å²) in [5.41, 5.74) is 0. The largest absolute Gasteiger partial charge is 0.332 e. The number of ketones is 1. The molecule has 3 nitrogen and oxygen atoms in total. The molecule has 0 aromatic rings. The van der Waals surface area contributed by atoms with Gasteiger partial charge in [0.2, 0.25) is 5.78 Å². The Morgan fingerprint density at radius 2 is 2.00 bits per heavy atom. The summed E-state index contributed by atoms with van der Waals surface area (Å²) in [5, 5.41) is 0. The van der Waals surface area contributed by atoms with E-state index >= 15 is 0 Å². The van der Waals surface area contributed by atoms with Crippen LogP contribution in [-0.2, 0) is 4.79 Å². The molecule has 0 amide bonds. The third-order valence-corrected chi connectivity index (χ3v) is 3.21. The summed E-state index contributed by atoms with van der Waals surface area (Å²) in [4.78, 5) is 16.0. The van der Waals surface area contributed by atoms with Gasteiger partial charge in [0.25, 0.3) is 0 Å². The number of hydrogen-bond acceptors (Lipinski definition) is 3. The van der Waals surface area contributed by atoms with Crippen LogP contribution in [-0.4, -0.2) is 48.8 Å². The lowest BCUT2D eigenvalue weighted by Crippen LogP contribution is -2.19. The van der Waals surface area contributed by atoms with Gasteiger partial charge in [0.05, 0.1) is 0 Å². The van der Waals surface area contributed by atoms with Crippen LogP contribution in [0.1, 0.15) is 19.3 Å². The summed E-state index contributed by atoms with van der Waals surface area (Å²) in [5.74, 6) is 3.09. The molecule has 2 fully saturated rings. The van der Waals surface area contributed by atoms with Crippen LogP contribution in [0, 0.1) is 17.9 Å². The van der Waals surface area contributed by atoms with E-state index in [1.165, 1.54) is 12.8 Å². The molecule has 82 valence electrons. The number of Topliss-reactive ketones (excluding diaryl/α,β-unsaturated/α-hetero) is 1. The maximum atomic E-state index is 11.7. The summed E-state index contributed by atoms with van der Waals surface area (Å²) in [6, 6.07) is 2.99. The number of carbonyl (C=O) groups excluding carboxylic acids is 1. The molecule has 2 heterocycles. The minimum absolute atomic E-state index is 0.131. The molecule has 0 radical (unpaired) electrons. The highest BCUT2D eigenvalue weighted by Crippen LogP contribution is 2.14. The molecule has 0 spiro atoms. The van der Waals surface area contributed by atoms with E-state index < -0.39 is 0 Å². The van der Waals surface area contributed by atoms with Crippen LogP contribution >= 0.6 is 0 Å². The lowest BCUT2D eigenvalue weighted by Gasteiger charge is -2.07. The molecular weight excluding hydrogens is 188 g/mol. The minimum atomic E-state index is 0.131. The van der Waals surface area contributed by atoms with E-state index in [9.17, 15) is 4.79 Å². The van der Waals surface area contributed by atoms with Crippen LogP contribution in [0.25, 0.3) is 0 Å². The molecule has 1 atom stereocenters. The van der Waals surface area contributed by atoms with Gasteiger partial charge >= 0.3 is 0 Å². The molecule has 0 saturated carbocycles. The highest BCUT2D eigenvalue weighted by Gasteiger charge is 2.24. The Balaban J connectivity index is 1.85. The molecule has 0 aliphatic carbocycles. The minimum Gasteiger partial charge on any atom is -0.332 e. The molecule has 1 unspecified atom stereocenters. The third kappa shape index (κ3) is 2.73. The zero-order valence-corrected chi connectivity index (χ0v) is 9.33. The Hall–Kier alpha value is -1.01. The molecule has 0 aromatic carbocycles. The van der Waals surface area contributed by atoms with Gasteiger partial charge in [-0.2, -0.15) is 0 Å². The van der Waals surface area contributed by atoms with Gasteiger partial charge in [0, 0.05) is 31.6 Å². The highest BCUT2D eigenvalue weighted by atomic mass is 16.1. The second-order valence-corrected chi connectivity index (χ2v) is 4.54. The first-order chi connectivity index (χ1) is 7.25. The summed E-state index contributed by atoms with van der Waals surface area (Å²) < 4.78 is 0. The summed E-state index contributed by atoms with van der Waals surface area (Å²) in [7, 11) is 2.06. The lowest BCUT2D eigenvalue weighted by atomic mass is 10.0. The van der Waals surface area contributed by atoms with Crippen molar-refractivity contribution in [3.8, 4) is 12.0 Å². The second kappa shape index (κ2) is 4.67. The fourth-order valence-corrected chi connectivity index (χ4v) is 2.21. The molecular formula is C12H18N2O. The maximum absolute atomic E-state index is 11.7. The van der Waals surface area contributed by atoms with Crippen molar-refractivity contribution in [1.82, 2.24) is 9.80 Å². The maximum Gasteiger partial charge on any atom is 0.211 e. The normalized spacial score (nSPS) is 26.5. The number of hydrogen-bond donors (Lipinski definition) is 0. The monoisotopic (exact) mass is 206 g/mol. The smallest absolute Gasteiger partial charge is 0.211 e. The lowest BCUT2D eigenvalue weighted by molar-refractivity contribution is -0.117. The molecule has 2 rings (SSSR count). The van der Waals surface area contributed by atoms with Crippen LogP contribution in [0.2, 0.25) is 0 Å². The van der Waals surface area contributed by atoms with Crippen molar-refractivity contribution in [2.75, 3.05) is 33.2 Å². The number of nitrogens with zero attached hydrogens (tertiary/aromatic N) is 2. The van der Waals surface area contributed by atoms with E-state index in [0.717, 1.165) is 32.6 Å². The second-order valence-electron chi connectivity index (χ2n) is 4.54. The predicted molar refractivity (Wildman–Crippen MR) is 59.2 cm³/mol. The quantitative estimate of drug-likeness (QED) is 0.586. The number of carbonyl (C=O) groups is 1. The van der Waals surface area contributed by atoms with E-state index in [-0.39, 0.29) is 11.7 Å². The average Bonchev–Trinajstić information content (AvgIpc) is 2.84. The van der Waals surface area contributed by atoms with E-state index in [1.54, 1.807) is 0 Å². The van der Waals surface area contributed by atoms with Gasteiger partial charge in [-0.05, 0) is 38.8 Å². The van der Waals surface area contributed by atoms with E-state index in [4.69, 9.17) is 0 Å². The zero-order chi connectivity index (χ0) is 10.7. The Morgan fingerprint density at radius 1 is 1.27 bits per heavy atom. The Bertz CT molecular complexity index is 296. The standard InChI is InChI=1S/C12H18N2O/c1-13-8-4-11(10-13)12(15)5-9-14-6-2-3-7-14/h11H,2-4,6-8,10H2,1H3. The Morgan fingerprint density at radius 3 is 2.60 bits per heavy atom. The van der Waals surface area contributed by atoms with Crippen molar-refractivity contribution < 1.29 is 4.79 Å². The van der Waals surface area contributed by atoms with E-state index in [2.05, 4.69) is 28.8 Å². The van der Waals surface area contributed by atoms with Crippen molar-refractivity contribution in [2.45, 2.75) is 19.3 Å². The first kappa shape index (κ1) is 10.5. The predicted octanol–water partition coefficient (Wildman–Crippen LogP) is 0.564. The number of likely N-dealkylation sites (tertiary alicyclic amines) is 2. The van der Waals surface area contributed by atoms with Crippen LogP contribution in [0.15, 0.2) is 0 Å². The average molecular weight is 206 g/mol. The van der Waals surface area contributed by atoms with Gasteiger partial charge in [0.1, 0.15) is 0 Å². The van der Waals surface area contributed by atoms with Gasteiger partial charge in [-0.3, -0.25) is 4.79 Å².